The highest BCUT2D eigenvalue weighted by Gasteiger charge is 2.67. The van der Waals surface area contributed by atoms with Gasteiger partial charge in [0.05, 0.1) is 35.1 Å². The smallest absolute Gasteiger partial charge is 0.269 e. The van der Waals surface area contributed by atoms with Gasteiger partial charge < -0.3 is 0 Å². The van der Waals surface area contributed by atoms with Crippen molar-refractivity contribution >= 4 is 29.6 Å². The maximum atomic E-state index is 14.3. The number of hydrogen-bond acceptors (Lipinski definition) is 6. The van der Waals surface area contributed by atoms with Crippen molar-refractivity contribution in [2.75, 3.05) is 0 Å². The third-order valence-corrected chi connectivity index (χ3v) is 8.93. The first-order chi connectivity index (χ1) is 20.9. The van der Waals surface area contributed by atoms with E-state index in [1.54, 1.807) is 6.21 Å². The molecule has 1 N–H and O–H groups in total. The molecule has 1 heterocycles. The zero-order valence-electron chi connectivity index (χ0n) is 22.9. The Bertz CT molecular complexity index is 1770. The predicted molar refractivity (Wildman–Crippen MR) is 158 cm³/mol. The van der Waals surface area contributed by atoms with E-state index in [-0.39, 0.29) is 36.4 Å². The van der Waals surface area contributed by atoms with Gasteiger partial charge in [-0.3, -0.25) is 29.4 Å². The molecule has 4 aliphatic rings. The average Bonchev–Trinajstić information content (AvgIpc) is 3.28. The van der Waals surface area contributed by atoms with Gasteiger partial charge in [0.25, 0.3) is 5.69 Å². The summed E-state index contributed by atoms with van der Waals surface area (Å²) in [5.74, 6) is -2.48. The molecule has 0 radical (unpaired) electrons. The van der Waals surface area contributed by atoms with E-state index in [4.69, 9.17) is 0 Å². The molecule has 212 valence electrons. The number of nitrogens with zero attached hydrogens (tertiary/aromatic N) is 3. The molecule has 4 aromatic carbocycles. The Morgan fingerprint density at radius 2 is 1.44 bits per heavy atom. The molecule has 1 fully saturated rings. The molecular formula is C34H26N4O5. The van der Waals surface area contributed by atoms with Crippen LogP contribution in [0.15, 0.2) is 108 Å². The third kappa shape index (κ3) is 4.07. The summed E-state index contributed by atoms with van der Waals surface area (Å²) in [6, 6.07) is 30.9. The maximum Gasteiger partial charge on any atom is 0.269 e. The summed E-state index contributed by atoms with van der Waals surface area (Å²) < 4.78 is 0. The lowest BCUT2D eigenvalue weighted by Gasteiger charge is -2.52. The normalized spacial score (nSPS) is 23.2. The molecule has 43 heavy (non-hydrogen) atoms. The number of imide groups is 1. The summed E-state index contributed by atoms with van der Waals surface area (Å²) in [6.07, 6.45) is 1.59. The van der Waals surface area contributed by atoms with E-state index in [9.17, 15) is 24.5 Å². The van der Waals surface area contributed by atoms with Crippen LogP contribution in [0.1, 0.15) is 39.3 Å². The van der Waals surface area contributed by atoms with Gasteiger partial charge >= 0.3 is 0 Å². The van der Waals surface area contributed by atoms with Gasteiger partial charge in [-0.15, -0.1) is 0 Å². The molecule has 2 bridgehead atoms. The van der Waals surface area contributed by atoms with E-state index < -0.39 is 28.1 Å². The van der Waals surface area contributed by atoms with Gasteiger partial charge in [-0.25, -0.2) is 5.43 Å². The van der Waals surface area contributed by atoms with Crippen LogP contribution in [-0.2, 0) is 32.8 Å². The van der Waals surface area contributed by atoms with Gasteiger partial charge in [-0.05, 0) is 33.4 Å². The molecule has 9 heteroatoms. The molecule has 3 amide bonds. The molecule has 0 saturated carbocycles. The molecule has 4 aromatic rings. The molecule has 2 atom stereocenters. The minimum absolute atomic E-state index is 0.0358. The van der Waals surface area contributed by atoms with Gasteiger partial charge in [0, 0.05) is 24.3 Å². The van der Waals surface area contributed by atoms with E-state index >= 15 is 0 Å². The third-order valence-electron chi connectivity index (χ3n) is 8.93. The fraction of sp³-hybridized carbons (Fsp3) is 0.176. The predicted octanol–water partition coefficient (Wildman–Crippen LogP) is 4.49. The molecule has 1 aliphatic heterocycles. The lowest BCUT2D eigenvalue weighted by Crippen LogP contribution is -2.54. The summed E-state index contributed by atoms with van der Waals surface area (Å²) in [4.78, 5) is 53.1. The summed E-state index contributed by atoms with van der Waals surface area (Å²) in [5, 5.41) is 15.4. The van der Waals surface area contributed by atoms with Crippen molar-refractivity contribution in [1.29, 1.82) is 0 Å². The Morgan fingerprint density at radius 3 is 2.07 bits per heavy atom. The number of nitro benzene ring substituents is 1. The average molecular weight is 571 g/mol. The summed E-state index contributed by atoms with van der Waals surface area (Å²) >= 11 is 0. The second kappa shape index (κ2) is 10.1. The van der Waals surface area contributed by atoms with Crippen LogP contribution >= 0.6 is 0 Å². The number of benzene rings is 4. The number of hydrogen-bond donors (Lipinski definition) is 1. The van der Waals surface area contributed by atoms with Gasteiger partial charge in [-0.2, -0.15) is 5.10 Å². The number of hydrazone groups is 1. The fourth-order valence-corrected chi connectivity index (χ4v) is 7.20. The number of nitro groups is 1. The Morgan fingerprint density at radius 1 is 0.837 bits per heavy atom. The number of carbonyl (C=O) groups excluding carboxylic acids is 3. The minimum atomic E-state index is -1.08. The topological polar surface area (TPSA) is 122 Å². The molecule has 3 aliphatic carbocycles. The quantitative estimate of drug-likeness (QED) is 0.152. The zero-order valence-corrected chi connectivity index (χ0v) is 22.9. The fourth-order valence-electron chi connectivity index (χ4n) is 7.20. The number of nitrogens with one attached hydrogen (secondary N) is 1. The number of amides is 3. The van der Waals surface area contributed by atoms with E-state index in [1.807, 2.05) is 78.9 Å². The second-order valence-corrected chi connectivity index (χ2v) is 11.2. The zero-order chi connectivity index (χ0) is 29.7. The minimum Gasteiger partial charge on any atom is -0.278 e. The lowest BCUT2D eigenvalue weighted by molar-refractivity contribution is -0.384. The number of likely N-dealkylation sites (tertiary alicyclic amines) is 1. The van der Waals surface area contributed by atoms with Gasteiger partial charge in [0.2, 0.25) is 17.7 Å². The van der Waals surface area contributed by atoms with Crippen LogP contribution in [0.25, 0.3) is 0 Å². The van der Waals surface area contributed by atoms with Crippen LogP contribution in [-0.4, -0.2) is 33.8 Å². The van der Waals surface area contributed by atoms with E-state index in [2.05, 4.69) is 10.5 Å². The summed E-state index contributed by atoms with van der Waals surface area (Å²) in [6.45, 7) is 0.185. The van der Waals surface area contributed by atoms with Crippen molar-refractivity contribution in [3.63, 3.8) is 0 Å². The summed E-state index contributed by atoms with van der Waals surface area (Å²) in [7, 11) is 0. The first-order valence-electron chi connectivity index (χ1n) is 14.0. The first-order valence-corrected chi connectivity index (χ1v) is 14.0. The van der Waals surface area contributed by atoms with Crippen LogP contribution in [0.5, 0.6) is 0 Å². The molecule has 9 nitrogen and oxygen atoms in total. The van der Waals surface area contributed by atoms with Crippen LogP contribution < -0.4 is 5.43 Å². The second-order valence-electron chi connectivity index (χ2n) is 11.2. The molecule has 0 aromatic heterocycles. The van der Waals surface area contributed by atoms with E-state index in [0.717, 1.165) is 27.8 Å². The maximum absolute atomic E-state index is 14.3. The van der Waals surface area contributed by atoms with Gasteiger partial charge in [0.15, 0.2) is 0 Å². The van der Waals surface area contributed by atoms with Crippen molar-refractivity contribution < 1.29 is 19.3 Å². The Balaban J connectivity index is 1.28. The van der Waals surface area contributed by atoms with Crippen molar-refractivity contribution in [1.82, 2.24) is 10.3 Å². The first kappa shape index (κ1) is 26.5. The lowest BCUT2D eigenvalue weighted by atomic mass is 9.47. The van der Waals surface area contributed by atoms with E-state index in [1.165, 1.54) is 29.2 Å². The molecule has 8 rings (SSSR count). The molecular weight excluding hydrogens is 544 g/mol. The molecule has 1 saturated heterocycles. The molecule has 0 spiro atoms. The van der Waals surface area contributed by atoms with Gasteiger partial charge in [0.1, 0.15) is 0 Å². The Kier molecular flexibility index (Phi) is 6.23. The van der Waals surface area contributed by atoms with Crippen molar-refractivity contribution in [2.45, 2.75) is 24.3 Å². The van der Waals surface area contributed by atoms with Crippen molar-refractivity contribution in [2.24, 2.45) is 16.9 Å². The standard InChI is InChI=1S/C34H26N4O5/c39-28(18-21-14-16-23(17-15-21)38(42)43)36-35-20-34-26-12-6-4-10-24(26)29(25-11-5-7-13-27(25)34)30-31(34)33(41)37(32(30)40)19-22-8-2-1-3-9-22/h1-17,20,29-31H,18-19H2,(H,36,39)/b35-20+. The number of carbonyl (C=O) groups is 3. The monoisotopic (exact) mass is 570 g/mol. The largest absolute Gasteiger partial charge is 0.278 e. The SMILES string of the molecule is O=C(Cc1ccc([N+](=O)[O-])cc1)N/N=C/C12c3ccccc3C(c3ccccc31)C1C(=O)N(Cc3ccccc3)C(=O)C12. The van der Waals surface area contributed by atoms with Crippen LogP contribution in [0.2, 0.25) is 0 Å². The van der Waals surface area contributed by atoms with Gasteiger partial charge in [-0.1, -0.05) is 91.0 Å². The Labute approximate surface area is 247 Å². The highest BCUT2D eigenvalue weighted by atomic mass is 16.6. The van der Waals surface area contributed by atoms with Crippen molar-refractivity contribution in [3.05, 3.63) is 147 Å². The van der Waals surface area contributed by atoms with Crippen molar-refractivity contribution in [3.8, 4) is 0 Å². The van der Waals surface area contributed by atoms with Crippen LogP contribution in [0.4, 0.5) is 5.69 Å². The summed E-state index contributed by atoms with van der Waals surface area (Å²) in [5.41, 5.74) is 6.68. The Hall–Kier alpha value is -5.44. The highest BCUT2D eigenvalue weighted by molar-refractivity contribution is 6.11. The number of non-ortho nitro benzene ring substituents is 1. The van der Waals surface area contributed by atoms with E-state index in [0.29, 0.717) is 5.56 Å². The molecule has 2 unspecified atom stereocenters. The van der Waals surface area contributed by atoms with Crippen LogP contribution in [0.3, 0.4) is 0 Å². The van der Waals surface area contributed by atoms with Crippen LogP contribution in [0, 0.1) is 22.0 Å². The highest BCUT2D eigenvalue weighted by Crippen LogP contribution is 2.63. The number of rotatable bonds is 7.